The van der Waals surface area contributed by atoms with Crippen molar-refractivity contribution in [2.75, 3.05) is 40.5 Å². The molecule has 9 nitrogen and oxygen atoms in total. The van der Waals surface area contributed by atoms with Gasteiger partial charge in [-0.2, -0.15) is 0 Å². The summed E-state index contributed by atoms with van der Waals surface area (Å²) >= 11 is 0. The van der Waals surface area contributed by atoms with Gasteiger partial charge in [0.1, 0.15) is 36.6 Å². The monoisotopic (exact) mass is 562 g/mol. The highest BCUT2D eigenvalue weighted by Gasteiger charge is 2.41. The van der Waals surface area contributed by atoms with Gasteiger partial charge >= 0.3 is 5.97 Å². The summed E-state index contributed by atoms with van der Waals surface area (Å²) in [7, 11) is 3.44. The molecule has 0 spiro atoms. The summed E-state index contributed by atoms with van der Waals surface area (Å²) < 4.78 is 24.0. The Morgan fingerprint density at radius 1 is 1.10 bits per heavy atom. The fourth-order valence-corrected chi connectivity index (χ4v) is 5.86. The minimum absolute atomic E-state index is 0.0640. The van der Waals surface area contributed by atoms with Crippen LogP contribution >= 0.6 is 0 Å². The van der Waals surface area contributed by atoms with E-state index in [4.69, 9.17) is 18.9 Å². The number of phenolic OH excluding ortho intramolecular Hbond substituents is 2. The largest absolute Gasteiger partial charge is 0.508 e. The smallest absolute Gasteiger partial charge is 0.302 e. The molecular weight excluding hydrogens is 524 g/mol. The van der Waals surface area contributed by atoms with Crippen molar-refractivity contribution in [3.8, 4) is 39.9 Å². The third-order valence-electron chi connectivity index (χ3n) is 7.77. The summed E-state index contributed by atoms with van der Waals surface area (Å²) in [4.78, 5) is 11.9. The molecule has 0 radical (unpaired) electrons. The second-order valence-electron chi connectivity index (χ2n) is 10.4. The van der Waals surface area contributed by atoms with Gasteiger partial charge in [0.15, 0.2) is 11.5 Å². The lowest BCUT2D eigenvalue weighted by molar-refractivity contribution is -0.141. The SMILES string of the molecule is CCNCc1cc(O)c(OCCNC)cc1C1Oc2c(ccc3c2CCc2cc(O)cc(OC)c2-3)C1COC(C)=O. The molecule has 0 bridgehead atoms. The van der Waals surface area contributed by atoms with Gasteiger partial charge in [-0.15, -0.1) is 0 Å². The van der Waals surface area contributed by atoms with E-state index >= 15 is 0 Å². The number of hydrogen-bond donors (Lipinski definition) is 4. The van der Waals surface area contributed by atoms with E-state index < -0.39 is 6.10 Å². The Kier molecular flexibility index (Phi) is 8.56. The van der Waals surface area contributed by atoms with Crippen LogP contribution in [0.2, 0.25) is 0 Å². The van der Waals surface area contributed by atoms with Gasteiger partial charge in [-0.1, -0.05) is 19.1 Å². The van der Waals surface area contributed by atoms with Crippen LogP contribution in [0, 0.1) is 0 Å². The van der Waals surface area contributed by atoms with Crippen molar-refractivity contribution in [3.05, 3.63) is 64.2 Å². The van der Waals surface area contributed by atoms with E-state index in [-0.39, 0.29) is 30.0 Å². The van der Waals surface area contributed by atoms with Gasteiger partial charge in [-0.3, -0.25) is 4.79 Å². The number of benzene rings is 3. The molecule has 0 amide bonds. The molecule has 41 heavy (non-hydrogen) atoms. The Morgan fingerprint density at radius 2 is 1.93 bits per heavy atom. The number of nitrogens with one attached hydrogen (secondary N) is 2. The molecular formula is C32H38N2O7. The third-order valence-corrected chi connectivity index (χ3v) is 7.77. The Balaban J connectivity index is 1.61. The van der Waals surface area contributed by atoms with Gasteiger partial charge in [0.25, 0.3) is 0 Å². The molecule has 4 N–H and O–H groups in total. The number of rotatable bonds is 11. The van der Waals surface area contributed by atoms with Crippen LogP contribution in [-0.2, 0) is 28.9 Å². The topological polar surface area (TPSA) is 119 Å². The van der Waals surface area contributed by atoms with Gasteiger partial charge < -0.3 is 39.8 Å². The highest BCUT2D eigenvalue weighted by molar-refractivity contribution is 5.82. The first-order chi connectivity index (χ1) is 19.9. The van der Waals surface area contributed by atoms with E-state index in [1.807, 2.05) is 26.1 Å². The van der Waals surface area contributed by atoms with Gasteiger partial charge in [-0.25, -0.2) is 0 Å². The zero-order valence-electron chi connectivity index (χ0n) is 24.0. The number of esters is 1. The number of phenols is 2. The summed E-state index contributed by atoms with van der Waals surface area (Å²) in [6, 6.07) is 11.1. The van der Waals surface area contributed by atoms with Crippen molar-refractivity contribution in [3.63, 3.8) is 0 Å². The van der Waals surface area contributed by atoms with Gasteiger partial charge in [0.2, 0.25) is 0 Å². The van der Waals surface area contributed by atoms with Gasteiger partial charge in [-0.05, 0) is 61.3 Å². The lowest BCUT2D eigenvalue weighted by atomic mass is 9.81. The Morgan fingerprint density at radius 3 is 2.66 bits per heavy atom. The quantitative estimate of drug-likeness (QED) is 0.200. The summed E-state index contributed by atoms with van der Waals surface area (Å²) in [5.74, 6) is 1.39. The molecule has 2 unspecified atom stereocenters. The molecule has 3 aromatic carbocycles. The molecule has 2 atom stereocenters. The average Bonchev–Trinajstić information content (AvgIpc) is 3.33. The maximum absolute atomic E-state index is 11.9. The number of aryl methyl sites for hydroxylation is 1. The fourth-order valence-electron chi connectivity index (χ4n) is 5.86. The van der Waals surface area contributed by atoms with E-state index in [0.717, 1.165) is 64.1 Å². The van der Waals surface area contributed by atoms with Crippen molar-refractivity contribution < 1.29 is 34.0 Å². The second-order valence-corrected chi connectivity index (χ2v) is 10.4. The lowest BCUT2D eigenvalue weighted by Gasteiger charge is -2.25. The summed E-state index contributed by atoms with van der Waals surface area (Å²) in [6.07, 6.45) is 0.976. The number of ether oxygens (including phenoxy) is 4. The molecule has 2 aliphatic rings. The zero-order valence-corrected chi connectivity index (χ0v) is 24.0. The number of carbonyl (C=O) groups excluding carboxylic acids is 1. The van der Waals surface area contributed by atoms with Crippen LogP contribution in [-0.4, -0.2) is 56.6 Å². The molecule has 0 saturated carbocycles. The molecule has 0 aromatic heterocycles. The van der Waals surface area contributed by atoms with Gasteiger partial charge in [0, 0.05) is 48.3 Å². The van der Waals surface area contributed by atoms with Crippen molar-refractivity contribution in [1.82, 2.24) is 10.6 Å². The first-order valence-electron chi connectivity index (χ1n) is 14.1. The van der Waals surface area contributed by atoms with E-state index in [2.05, 4.69) is 16.7 Å². The van der Waals surface area contributed by atoms with Crippen LogP contribution in [0.25, 0.3) is 11.1 Å². The second kappa shape index (κ2) is 12.3. The molecule has 1 aliphatic heterocycles. The predicted molar refractivity (Wildman–Crippen MR) is 155 cm³/mol. The van der Waals surface area contributed by atoms with E-state index in [1.54, 1.807) is 25.3 Å². The van der Waals surface area contributed by atoms with Crippen molar-refractivity contribution >= 4 is 5.97 Å². The number of aromatic hydroxyl groups is 2. The highest BCUT2D eigenvalue weighted by Crippen LogP contribution is 2.54. The zero-order chi connectivity index (χ0) is 29.1. The predicted octanol–water partition coefficient (Wildman–Crippen LogP) is 4.36. The molecule has 1 heterocycles. The summed E-state index contributed by atoms with van der Waals surface area (Å²) in [5.41, 5.74) is 6.76. The average molecular weight is 563 g/mol. The van der Waals surface area contributed by atoms with Crippen LogP contribution in [0.4, 0.5) is 0 Å². The van der Waals surface area contributed by atoms with E-state index in [9.17, 15) is 15.0 Å². The lowest BCUT2D eigenvalue weighted by Crippen LogP contribution is -2.21. The van der Waals surface area contributed by atoms with Crippen molar-refractivity contribution in [1.29, 1.82) is 0 Å². The Bertz CT molecular complexity index is 1420. The van der Waals surface area contributed by atoms with E-state index in [1.165, 1.54) is 6.92 Å². The maximum atomic E-state index is 11.9. The molecule has 218 valence electrons. The minimum atomic E-state index is -0.472. The summed E-state index contributed by atoms with van der Waals surface area (Å²) in [5, 5.41) is 27.4. The van der Waals surface area contributed by atoms with Crippen molar-refractivity contribution in [2.24, 2.45) is 0 Å². The number of carbonyl (C=O) groups is 1. The fraction of sp³-hybridized carbons (Fsp3) is 0.406. The molecule has 0 saturated heterocycles. The number of hydrogen-bond acceptors (Lipinski definition) is 9. The van der Waals surface area contributed by atoms with E-state index in [0.29, 0.717) is 31.2 Å². The first kappa shape index (κ1) is 28.6. The van der Waals surface area contributed by atoms with Crippen LogP contribution in [0.15, 0.2) is 36.4 Å². The number of methoxy groups -OCH3 is 1. The molecule has 1 aliphatic carbocycles. The van der Waals surface area contributed by atoms with Crippen LogP contribution in [0.3, 0.4) is 0 Å². The number of likely N-dealkylation sites (N-methyl/N-ethyl adjacent to an activating group) is 1. The van der Waals surface area contributed by atoms with Crippen LogP contribution in [0.5, 0.6) is 28.7 Å². The summed E-state index contributed by atoms with van der Waals surface area (Å²) in [6.45, 7) is 5.88. The first-order valence-corrected chi connectivity index (χ1v) is 14.1. The van der Waals surface area contributed by atoms with Crippen LogP contribution < -0.4 is 24.8 Å². The molecule has 9 heteroatoms. The van der Waals surface area contributed by atoms with Gasteiger partial charge in [0.05, 0.1) is 13.0 Å². The minimum Gasteiger partial charge on any atom is -0.508 e. The number of fused-ring (bicyclic) bond motifs is 5. The molecule has 5 rings (SSSR count). The molecule has 3 aromatic rings. The highest BCUT2D eigenvalue weighted by atomic mass is 16.5. The Labute approximate surface area is 240 Å². The third kappa shape index (κ3) is 5.64. The standard InChI is InChI=1S/C32H38N2O7/c1-5-34-16-20-13-27(37)28(39-11-10-33-3)15-25(20)32-26(17-40-18(2)35)24-9-8-22-23(31(24)41-32)7-6-19-12-21(36)14-29(38-4)30(19)22/h8-9,12-15,26,32-34,36-37H,5-7,10-11,16-17H2,1-4H3. The normalized spacial score (nSPS) is 16.8. The maximum Gasteiger partial charge on any atom is 0.302 e. The van der Waals surface area contributed by atoms with Crippen molar-refractivity contribution in [2.45, 2.75) is 45.3 Å². The van der Waals surface area contributed by atoms with Crippen LogP contribution in [0.1, 0.15) is 53.7 Å². The molecule has 0 fully saturated rings. The Hall–Kier alpha value is -3.95.